The van der Waals surface area contributed by atoms with E-state index < -0.39 is 12.1 Å². The van der Waals surface area contributed by atoms with Gasteiger partial charge in [0.25, 0.3) is 5.91 Å². The Morgan fingerprint density at radius 2 is 2.15 bits per heavy atom. The molecular formula is C13H15ClN2O4. The molecule has 3 rings (SSSR count). The Bertz CT molecular complexity index is 553. The van der Waals surface area contributed by atoms with Crippen molar-refractivity contribution in [3.8, 4) is 0 Å². The van der Waals surface area contributed by atoms with Crippen molar-refractivity contribution in [2.45, 2.75) is 25.0 Å². The molecule has 2 heterocycles. The van der Waals surface area contributed by atoms with Gasteiger partial charge in [-0.25, -0.2) is 4.79 Å². The minimum atomic E-state index is -1.04. The van der Waals surface area contributed by atoms with E-state index in [2.05, 4.69) is 0 Å². The molecular weight excluding hydrogens is 284 g/mol. The van der Waals surface area contributed by atoms with E-state index in [-0.39, 0.29) is 19.1 Å². The van der Waals surface area contributed by atoms with E-state index in [0.717, 1.165) is 12.8 Å². The first-order valence-corrected chi connectivity index (χ1v) is 6.95. The lowest BCUT2D eigenvalue weighted by molar-refractivity contribution is -0.154. The third-order valence-corrected chi connectivity index (χ3v) is 3.81. The molecule has 1 aliphatic carbocycles. The first-order valence-electron chi connectivity index (χ1n) is 6.57. The van der Waals surface area contributed by atoms with Crippen molar-refractivity contribution in [3.05, 3.63) is 23.0 Å². The van der Waals surface area contributed by atoms with Gasteiger partial charge in [0.1, 0.15) is 5.69 Å². The Morgan fingerprint density at radius 3 is 2.80 bits per heavy atom. The van der Waals surface area contributed by atoms with Gasteiger partial charge in [-0.15, -0.1) is 0 Å². The molecule has 2 fully saturated rings. The number of ether oxygens (including phenoxy) is 1. The van der Waals surface area contributed by atoms with Crippen LogP contribution in [0.3, 0.4) is 0 Å². The summed E-state index contributed by atoms with van der Waals surface area (Å²) in [6.45, 7) is 0.707. The van der Waals surface area contributed by atoms with Crippen LogP contribution in [-0.4, -0.2) is 52.3 Å². The molecule has 108 valence electrons. The largest absolute Gasteiger partial charge is 0.479 e. The second-order valence-corrected chi connectivity index (χ2v) is 5.57. The zero-order valence-corrected chi connectivity index (χ0v) is 11.5. The van der Waals surface area contributed by atoms with Crippen molar-refractivity contribution >= 4 is 23.5 Å². The number of aliphatic carboxylic acids is 1. The highest BCUT2D eigenvalue weighted by molar-refractivity contribution is 6.31. The molecule has 0 aromatic carbocycles. The van der Waals surface area contributed by atoms with E-state index >= 15 is 0 Å². The maximum atomic E-state index is 12.5. The molecule has 0 spiro atoms. The van der Waals surface area contributed by atoms with Crippen molar-refractivity contribution in [2.24, 2.45) is 0 Å². The second kappa shape index (κ2) is 5.10. The van der Waals surface area contributed by atoms with E-state index in [1.54, 1.807) is 12.3 Å². The Hall–Kier alpha value is -1.53. The summed E-state index contributed by atoms with van der Waals surface area (Å²) in [4.78, 5) is 25.0. The number of hydrogen-bond donors (Lipinski definition) is 1. The van der Waals surface area contributed by atoms with Crippen molar-refractivity contribution in [1.82, 2.24) is 9.47 Å². The van der Waals surface area contributed by atoms with E-state index in [1.165, 1.54) is 4.90 Å². The molecule has 7 heteroatoms. The van der Waals surface area contributed by atoms with Gasteiger partial charge in [0.05, 0.1) is 18.2 Å². The topological polar surface area (TPSA) is 71.8 Å². The summed E-state index contributed by atoms with van der Waals surface area (Å²) in [7, 11) is 0. The van der Waals surface area contributed by atoms with Crippen LogP contribution in [0.5, 0.6) is 0 Å². The van der Waals surface area contributed by atoms with Crippen LogP contribution in [-0.2, 0) is 9.53 Å². The fourth-order valence-corrected chi connectivity index (χ4v) is 2.63. The van der Waals surface area contributed by atoms with Gasteiger partial charge in [0.2, 0.25) is 0 Å². The van der Waals surface area contributed by atoms with Gasteiger partial charge >= 0.3 is 5.97 Å². The van der Waals surface area contributed by atoms with E-state index in [4.69, 9.17) is 21.4 Å². The second-order valence-electron chi connectivity index (χ2n) is 5.13. The summed E-state index contributed by atoms with van der Waals surface area (Å²) in [5, 5.41) is 9.51. The third kappa shape index (κ3) is 2.53. The predicted molar refractivity (Wildman–Crippen MR) is 71.0 cm³/mol. The molecule has 1 atom stereocenters. The molecule has 1 aromatic rings. The normalized spacial score (nSPS) is 22.9. The van der Waals surface area contributed by atoms with Crippen molar-refractivity contribution in [3.63, 3.8) is 0 Å². The van der Waals surface area contributed by atoms with E-state index in [1.807, 2.05) is 4.57 Å². The number of nitrogens with zero attached hydrogens (tertiary/aromatic N) is 2. The molecule has 1 N–H and O–H groups in total. The number of aromatic nitrogens is 1. The molecule has 0 radical (unpaired) electrons. The minimum Gasteiger partial charge on any atom is -0.479 e. The lowest BCUT2D eigenvalue weighted by atomic mass is 10.2. The summed E-state index contributed by atoms with van der Waals surface area (Å²) in [6.07, 6.45) is 2.91. The molecule has 1 saturated heterocycles. The minimum absolute atomic E-state index is 0.0711. The Morgan fingerprint density at radius 1 is 1.40 bits per heavy atom. The van der Waals surface area contributed by atoms with Gasteiger partial charge in [-0.3, -0.25) is 4.79 Å². The lowest BCUT2D eigenvalue weighted by Crippen LogP contribution is -2.48. The van der Waals surface area contributed by atoms with Crippen LogP contribution in [0.15, 0.2) is 12.3 Å². The zero-order valence-electron chi connectivity index (χ0n) is 10.8. The van der Waals surface area contributed by atoms with Crippen LogP contribution in [0.4, 0.5) is 0 Å². The molecule has 0 bridgehead atoms. The average molecular weight is 299 g/mol. The number of morpholine rings is 1. The standard InChI is InChI=1S/C13H15ClN2O4/c14-8-5-10(16(6-8)9-1-2-9)12(17)15-3-4-20-11(7-15)13(18)19/h5-6,9,11H,1-4,7H2,(H,18,19). The number of halogens is 1. The maximum absolute atomic E-state index is 12.5. The SMILES string of the molecule is O=C(O)C1CN(C(=O)c2cc(Cl)cn2C2CC2)CCO1. The summed E-state index contributed by atoms with van der Waals surface area (Å²) in [5.74, 6) is -1.23. The number of carbonyl (C=O) groups excluding carboxylic acids is 1. The molecule has 1 aromatic heterocycles. The van der Waals surface area contributed by atoms with Crippen LogP contribution < -0.4 is 0 Å². The number of carbonyl (C=O) groups is 2. The Balaban J connectivity index is 1.80. The number of hydrogen-bond acceptors (Lipinski definition) is 3. The number of carboxylic acids is 1. The number of carboxylic acid groups (broad SMARTS) is 1. The smallest absolute Gasteiger partial charge is 0.334 e. The van der Waals surface area contributed by atoms with E-state index in [9.17, 15) is 9.59 Å². The number of rotatable bonds is 3. The predicted octanol–water partition coefficient (Wildman–Crippen LogP) is 1.40. The van der Waals surface area contributed by atoms with Crippen LogP contribution >= 0.6 is 11.6 Å². The first kappa shape index (κ1) is 13.5. The molecule has 20 heavy (non-hydrogen) atoms. The Labute approximate surface area is 120 Å². The van der Waals surface area contributed by atoms with Gasteiger partial charge in [-0.1, -0.05) is 11.6 Å². The molecule has 1 unspecified atom stereocenters. The molecule has 1 aliphatic heterocycles. The van der Waals surface area contributed by atoms with Crippen LogP contribution in [0, 0.1) is 0 Å². The highest BCUT2D eigenvalue weighted by Gasteiger charge is 2.33. The van der Waals surface area contributed by atoms with Gasteiger partial charge in [-0.05, 0) is 18.9 Å². The highest BCUT2D eigenvalue weighted by atomic mass is 35.5. The Kier molecular flexibility index (Phi) is 3.43. The van der Waals surface area contributed by atoms with Crippen molar-refractivity contribution < 1.29 is 19.4 Å². The fourth-order valence-electron chi connectivity index (χ4n) is 2.42. The molecule has 1 saturated carbocycles. The van der Waals surface area contributed by atoms with E-state index in [0.29, 0.717) is 23.3 Å². The van der Waals surface area contributed by atoms with Crippen LogP contribution in [0.25, 0.3) is 0 Å². The summed E-state index contributed by atoms with van der Waals surface area (Å²) in [6, 6.07) is 1.99. The molecule has 1 amide bonds. The quantitative estimate of drug-likeness (QED) is 0.915. The summed E-state index contributed by atoms with van der Waals surface area (Å²) in [5.41, 5.74) is 0.531. The van der Waals surface area contributed by atoms with Gasteiger partial charge in [0, 0.05) is 18.8 Å². The molecule has 2 aliphatic rings. The fraction of sp³-hybridized carbons (Fsp3) is 0.538. The number of amides is 1. The van der Waals surface area contributed by atoms with Crippen molar-refractivity contribution in [2.75, 3.05) is 19.7 Å². The lowest BCUT2D eigenvalue weighted by Gasteiger charge is -2.31. The van der Waals surface area contributed by atoms with Gasteiger partial charge < -0.3 is 19.3 Å². The maximum Gasteiger partial charge on any atom is 0.334 e. The first-order chi connectivity index (χ1) is 9.56. The highest BCUT2D eigenvalue weighted by Crippen LogP contribution is 2.37. The van der Waals surface area contributed by atoms with Gasteiger partial charge in [0.15, 0.2) is 6.10 Å². The van der Waals surface area contributed by atoms with Gasteiger partial charge in [-0.2, -0.15) is 0 Å². The third-order valence-electron chi connectivity index (χ3n) is 3.60. The summed E-state index contributed by atoms with van der Waals surface area (Å²) < 4.78 is 7.02. The van der Waals surface area contributed by atoms with Crippen LogP contribution in [0.2, 0.25) is 5.02 Å². The zero-order chi connectivity index (χ0) is 14.3. The van der Waals surface area contributed by atoms with Crippen LogP contribution in [0.1, 0.15) is 29.4 Å². The molecule has 6 nitrogen and oxygen atoms in total. The monoisotopic (exact) mass is 298 g/mol. The van der Waals surface area contributed by atoms with Crippen molar-refractivity contribution in [1.29, 1.82) is 0 Å². The summed E-state index contributed by atoms with van der Waals surface area (Å²) >= 11 is 5.99. The average Bonchev–Trinajstić information content (AvgIpc) is 3.21.